The van der Waals surface area contributed by atoms with Gasteiger partial charge >= 0.3 is 0 Å². The summed E-state index contributed by atoms with van der Waals surface area (Å²) >= 11 is 0. The molecule has 0 bridgehead atoms. The molecule has 1 nitrogen and oxygen atoms in total. The minimum absolute atomic E-state index is 0.242. The first-order valence-electron chi connectivity index (χ1n) is 4.20. The Labute approximate surface area is 74.8 Å². The van der Waals surface area contributed by atoms with Crippen LogP contribution in [0.2, 0.25) is 0 Å². The molecular weight excluding hydrogens is 147 g/mol. The lowest BCUT2D eigenvalue weighted by molar-refractivity contribution is 0.278. The Morgan fingerprint density at radius 3 is 2.42 bits per heavy atom. The normalized spacial score (nSPS) is 12.8. The van der Waals surface area contributed by atoms with Crippen LogP contribution < -0.4 is 5.46 Å². The van der Waals surface area contributed by atoms with Crippen molar-refractivity contribution < 1.29 is 5.11 Å². The number of benzene rings is 1. The largest absolute Gasteiger partial charge is 0.396 e. The minimum atomic E-state index is 0.242. The number of hydrogen-bond acceptors (Lipinski definition) is 1. The molecule has 0 saturated carbocycles. The van der Waals surface area contributed by atoms with Gasteiger partial charge in [-0.2, -0.15) is 0 Å². The minimum Gasteiger partial charge on any atom is -0.396 e. The van der Waals surface area contributed by atoms with Crippen molar-refractivity contribution >= 4 is 13.3 Å². The molecule has 1 rings (SSSR count). The molecule has 1 atom stereocenters. The molecule has 0 saturated heterocycles. The Morgan fingerprint density at radius 1 is 1.33 bits per heavy atom. The van der Waals surface area contributed by atoms with Gasteiger partial charge in [0.2, 0.25) is 0 Å². The molecular formula is C10H13BO. The van der Waals surface area contributed by atoms with E-state index >= 15 is 0 Å². The lowest BCUT2D eigenvalue weighted by Crippen LogP contribution is -2.03. The van der Waals surface area contributed by atoms with Crippen LogP contribution in [-0.4, -0.2) is 19.6 Å². The van der Waals surface area contributed by atoms with Crippen LogP contribution in [0.3, 0.4) is 0 Å². The second-order valence-corrected chi connectivity index (χ2v) is 3.08. The molecule has 62 valence electrons. The molecule has 1 unspecified atom stereocenters. The monoisotopic (exact) mass is 160 g/mol. The van der Waals surface area contributed by atoms with Crippen molar-refractivity contribution in [2.75, 3.05) is 6.61 Å². The molecule has 1 N–H and O–H groups in total. The van der Waals surface area contributed by atoms with Crippen LogP contribution in [0, 0.1) is 0 Å². The van der Waals surface area contributed by atoms with E-state index < -0.39 is 0 Å². The van der Waals surface area contributed by atoms with Crippen molar-refractivity contribution in [1.82, 2.24) is 0 Å². The smallest absolute Gasteiger partial charge is 0.113 e. The van der Waals surface area contributed by atoms with E-state index in [-0.39, 0.29) is 6.61 Å². The predicted octanol–water partition coefficient (Wildman–Crippen LogP) is 0.966. The highest BCUT2D eigenvalue weighted by molar-refractivity contribution is 6.32. The van der Waals surface area contributed by atoms with E-state index in [1.54, 1.807) is 0 Å². The zero-order chi connectivity index (χ0) is 8.97. The summed E-state index contributed by atoms with van der Waals surface area (Å²) in [5, 5.41) is 8.73. The van der Waals surface area contributed by atoms with Crippen LogP contribution in [0.4, 0.5) is 0 Å². The van der Waals surface area contributed by atoms with Gasteiger partial charge in [-0.1, -0.05) is 36.7 Å². The highest BCUT2D eigenvalue weighted by atomic mass is 16.3. The lowest BCUT2D eigenvalue weighted by Gasteiger charge is -2.09. The molecule has 1 aromatic carbocycles. The van der Waals surface area contributed by atoms with Gasteiger partial charge in [0.05, 0.1) is 0 Å². The van der Waals surface area contributed by atoms with Gasteiger partial charge in [-0.3, -0.25) is 0 Å². The molecule has 0 spiro atoms. The van der Waals surface area contributed by atoms with Crippen LogP contribution in [0.1, 0.15) is 24.8 Å². The van der Waals surface area contributed by atoms with Crippen molar-refractivity contribution in [2.45, 2.75) is 19.3 Å². The third-order valence-corrected chi connectivity index (χ3v) is 2.07. The van der Waals surface area contributed by atoms with Gasteiger partial charge in [-0.25, -0.2) is 0 Å². The summed E-state index contributed by atoms with van der Waals surface area (Å²) < 4.78 is 0. The number of aliphatic hydroxyl groups is 1. The fourth-order valence-electron chi connectivity index (χ4n) is 1.18. The van der Waals surface area contributed by atoms with Gasteiger partial charge in [-0.05, 0) is 17.9 Å². The Kier molecular flexibility index (Phi) is 3.36. The van der Waals surface area contributed by atoms with Gasteiger partial charge in [-0.15, -0.1) is 0 Å². The van der Waals surface area contributed by atoms with E-state index in [1.165, 1.54) is 5.56 Å². The quantitative estimate of drug-likeness (QED) is 0.653. The zero-order valence-electron chi connectivity index (χ0n) is 7.33. The van der Waals surface area contributed by atoms with Crippen LogP contribution in [0.15, 0.2) is 24.3 Å². The van der Waals surface area contributed by atoms with E-state index in [9.17, 15) is 0 Å². The Balaban J connectivity index is 2.68. The van der Waals surface area contributed by atoms with Gasteiger partial charge in [0.25, 0.3) is 0 Å². The number of aliphatic hydroxyl groups excluding tert-OH is 1. The zero-order valence-corrected chi connectivity index (χ0v) is 7.33. The van der Waals surface area contributed by atoms with Crippen molar-refractivity contribution in [3.63, 3.8) is 0 Å². The van der Waals surface area contributed by atoms with Gasteiger partial charge in [0.1, 0.15) is 7.85 Å². The topological polar surface area (TPSA) is 20.2 Å². The summed E-state index contributed by atoms with van der Waals surface area (Å²) in [6, 6.07) is 7.80. The molecule has 0 aliphatic rings. The number of rotatable bonds is 3. The van der Waals surface area contributed by atoms with Gasteiger partial charge in [0.15, 0.2) is 0 Å². The Hall–Kier alpha value is -0.755. The van der Waals surface area contributed by atoms with Crippen LogP contribution >= 0.6 is 0 Å². The summed E-state index contributed by atoms with van der Waals surface area (Å²) in [7, 11) is 5.55. The van der Waals surface area contributed by atoms with Crippen LogP contribution in [0.5, 0.6) is 0 Å². The van der Waals surface area contributed by atoms with Gasteiger partial charge < -0.3 is 5.11 Å². The maximum absolute atomic E-state index is 8.73. The molecule has 0 heterocycles. The SMILES string of the molecule is [B]c1ccc(C(C)CCO)cc1. The van der Waals surface area contributed by atoms with Gasteiger partial charge in [0, 0.05) is 6.61 Å². The Morgan fingerprint density at radius 2 is 1.92 bits per heavy atom. The summed E-state index contributed by atoms with van der Waals surface area (Å²) in [6.07, 6.45) is 0.809. The molecule has 0 fully saturated rings. The molecule has 0 aliphatic heterocycles. The molecule has 0 aromatic heterocycles. The van der Waals surface area contributed by atoms with Crippen molar-refractivity contribution in [2.24, 2.45) is 0 Å². The van der Waals surface area contributed by atoms with E-state index in [2.05, 4.69) is 6.92 Å². The molecule has 0 aliphatic carbocycles. The molecule has 1 aromatic rings. The van der Waals surface area contributed by atoms with Crippen LogP contribution in [0.25, 0.3) is 0 Å². The first-order chi connectivity index (χ1) is 5.74. The number of hydrogen-bond donors (Lipinski definition) is 1. The highest BCUT2D eigenvalue weighted by Gasteiger charge is 2.02. The average molecular weight is 160 g/mol. The summed E-state index contributed by atoms with van der Waals surface area (Å²) in [5.41, 5.74) is 2.02. The predicted molar refractivity (Wildman–Crippen MR) is 51.9 cm³/mol. The maximum atomic E-state index is 8.73. The summed E-state index contributed by atoms with van der Waals surface area (Å²) in [4.78, 5) is 0. The Bertz CT molecular complexity index is 230. The second kappa shape index (κ2) is 4.32. The molecule has 12 heavy (non-hydrogen) atoms. The fraction of sp³-hybridized carbons (Fsp3) is 0.400. The molecule has 0 amide bonds. The second-order valence-electron chi connectivity index (χ2n) is 3.08. The first-order valence-corrected chi connectivity index (χ1v) is 4.20. The third-order valence-electron chi connectivity index (χ3n) is 2.07. The summed E-state index contributed by atoms with van der Waals surface area (Å²) in [6.45, 7) is 2.34. The van der Waals surface area contributed by atoms with Crippen molar-refractivity contribution in [3.05, 3.63) is 29.8 Å². The first kappa shape index (κ1) is 9.33. The third kappa shape index (κ3) is 2.38. The average Bonchev–Trinajstić information content (AvgIpc) is 2.06. The van der Waals surface area contributed by atoms with Crippen LogP contribution in [-0.2, 0) is 0 Å². The standard InChI is InChI=1S/C10H13BO/c1-8(6-7-12)9-2-4-10(11)5-3-9/h2-5,8,12H,6-7H2,1H3. The van der Waals surface area contributed by atoms with Crippen molar-refractivity contribution in [3.8, 4) is 0 Å². The van der Waals surface area contributed by atoms with E-state index in [4.69, 9.17) is 13.0 Å². The maximum Gasteiger partial charge on any atom is 0.113 e. The molecule has 2 radical (unpaired) electrons. The lowest BCUT2D eigenvalue weighted by atomic mass is 9.91. The van der Waals surface area contributed by atoms with E-state index in [0.29, 0.717) is 5.92 Å². The van der Waals surface area contributed by atoms with Crippen molar-refractivity contribution in [1.29, 1.82) is 0 Å². The highest BCUT2D eigenvalue weighted by Crippen LogP contribution is 2.16. The fourth-order valence-corrected chi connectivity index (χ4v) is 1.18. The van der Waals surface area contributed by atoms with E-state index in [1.807, 2.05) is 24.3 Å². The molecule has 2 heteroatoms. The van der Waals surface area contributed by atoms with E-state index in [0.717, 1.165) is 11.9 Å². The summed E-state index contributed by atoms with van der Waals surface area (Å²) in [5.74, 6) is 0.413.